The number of aliphatic hydroxyl groups excluding tert-OH is 1. The molecule has 0 saturated carbocycles. The number of hydrogen-bond acceptors (Lipinski definition) is 2. The van der Waals surface area contributed by atoms with E-state index < -0.39 is 5.60 Å². The standard InChI is InChI=1S/C8H12O2/c1-6-5-7(9)3-4-8(6,2)10/h3-6,9-10H,1-2H3. The van der Waals surface area contributed by atoms with Gasteiger partial charge in [-0.3, -0.25) is 0 Å². The molecule has 0 aromatic rings. The zero-order chi connectivity index (χ0) is 7.78. The van der Waals surface area contributed by atoms with Crippen molar-refractivity contribution in [2.45, 2.75) is 19.4 Å². The van der Waals surface area contributed by atoms with Gasteiger partial charge in [-0.05, 0) is 25.2 Å². The van der Waals surface area contributed by atoms with Gasteiger partial charge in [-0.2, -0.15) is 0 Å². The van der Waals surface area contributed by atoms with Gasteiger partial charge in [0.2, 0.25) is 0 Å². The van der Waals surface area contributed by atoms with E-state index in [0.717, 1.165) is 0 Å². The van der Waals surface area contributed by atoms with Crippen molar-refractivity contribution in [3.63, 3.8) is 0 Å². The lowest BCUT2D eigenvalue weighted by Crippen LogP contribution is -2.30. The minimum atomic E-state index is -0.799. The van der Waals surface area contributed by atoms with Crippen molar-refractivity contribution in [2.24, 2.45) is 5.92 Å². The Morgan fingerprint density at radius 3 is 2.60 bits per heavy atom. The SMILES string of the molecule is CC1C=C(O)C=CC1(C)O. The summed E-state index contributed by atoms with van der Waals surface area (Å²) >= 11 is 0. The fraction of sp³-hybridized carbons (Fsp3) is 0.500. The molecular formula is C8H12O2. The molecule has 0 saturated heterocycles. The Morgan fingerprint density at radius 1 is 1.60 bits per heavy atom. The van der Waals surface area contributed by atoms with E-state index >= 15 is 0 Å². The molecule has 2 heteroatoms. The predicted molar refractivity (Wildman–Crippen MR) is 39.6 cm³/mol. The fourth-order valence-corrected chi connectivity index (χ4v) is 0.886. The summed E-state index contributed by atoms with van der Waals surface area (Å²) in [5.41, 5.74) is -0.799. The molecule has 1 aliphatic carbocycles. The monoisotopic (exact) mass is 140 g/mol. The highest BCUT2D eigenvalue weighted by atomic mass is 16.3. The molecule has 0 aromatic heterocycles. The molecule has 0 amide bonds. The molecule has 0 heterocycles. The molecule has 0 spiro atoms. The highest BCUT2D eigenvalue weighted by Crippen LogP contribution is 2.24. The van der Waals surface area contributed by atoms with Crippen molar-refractivity contribution in [2.75, 3.05) is 0 Å². The third kappa shape index (κ3) is 1.21. The van der Waals surface area contributed by atoms with Crippen LogP contribution in [0.25, 0.3) is 0 Å². The molecule has 2 atom stereocenters. The lowest BCUT2D eigenvalue weighted by molar-refractivity contribution is 0.0703. The molecule has 1 rings (SSSR count). The van der Waals surface area contributed by atoms with Gasteiger partial charge in [0, 0.05) is 5.92 Å². The minimum absolute atomic E-state index is 0.0162. The smallest absolute Gasteiger partial charge is 0.111 e. The summed E-state index contributed by atoms with van der Waals surface area (Å²) in [7, 11) is 0. The minimum Gasteiger partial charge on any atom is -0.508 e. The Bertz CT molecular complexity index is 189. The van der Waals surface area contributed by atoms with Gasteiger partial charge in [-0.25, -0.2) is 0 Å². The van der Waals surface area contributed by atoms with E-state index in [1.54, 1.807) is 19.1 Å². The van der Waals surface area contributed by atoms with Crippen molar-refractivity contribution >= 4 is 0 Å². The summed E-state index contributed by atoms with van der Waals surface area (Å²) in [4.78, 5) is 0. The van der Waals surface area contributed by atoms with Gasteiger partial charge in [0.15, 0.2) is 0 Å². The molecule has 56 valence electrons. The Labute approximate surface area is 60.5 Å². The Balaban J connectivity index is 2.84. The van der Waals surface area contributed by atoms with Crippen LogP contribution >= 0.6 is 0 Å². The predicted octanol–water partition coefficient (Wildman–Crippen LogP) is 1.39. The van der Waals surface area contributed by atoms with Gasteiger partial charge in [-0.15, -0.1) is 0 Å². The van der Waals surface area contributed by atoms with Crippen LogP contribution in [0.3, 0.4) is 0 Å². The molecule has 1 aliphatic rings. The molecule has 10 heavy (non-hydrogen) atoms. The molecule has 0 aromatic carbocycles. The Hall–Kier alpha value is -0.760. The van der Waals surface area contributed by atoms with Gasteiger partial charge in [0.1, 0.15) is 5.76 Å². The summed E-state index contributed by atoms with van der Waals surface area (Å²) in [5.74, 6) is 0.219. The van der Waals surface area contributed by atoms with Gasteiger partial charge in [0.05, 0.1) is 5.60 Å². The molecule has 0 aliphatic heterocycles. The van der Waals surface area contributed by atoms with E-state index in [0.29, 0.717) is 0 Å². The maximum Gasteiger partial charge on any atom is 0.111 e. The number of hydrogen-bond donors (Lipinski definition) is 2. The molecular weight excluding hydrogens is 128 g/mol. The van der Waals surface area contributed by atoms with Crippen LogP contribution < -0.4 is 0 Å². The maximum atomic E-state index is 9.52. The van der Waals surface area contributed by atoms with Crippen molar-refractivity contribution in [3.8, 4) is 0 Å². The Morgan fingerprint density at radius 2 is 2.20 bits per heavy atom. The van der Waals surface area contributed by atoms with Crippen molar-refractivity contribution in [1.82, 2.24) is 0 Å². The quantitative estimate of drug-likeness (QED) is 0.533. The number of allylic oxidation sites excluding steroid dienone is 1. The first kappa shape index (κ1) is 7.35. The second-order valence-electron chi connectivity index (χ2n) is 2.94. The van der Waals surface area contributed by atoms with Crippen LogP contribution in [0.2, 0.25) is 0 Å². The molecule has 0 radical (unpaired) electrons. The molecule has 0 fully saturated rings. The van der Waals surface area contributed by atoms with Gasteiger partial charge in [-0.1, -0.05) is 6.92 Å². The van der Waals surface area contributed by atoms with Crippen molar-refractivity contribution in [1.29, 1.82) is 0 Å². The van der Waals surface area contributed by atoms with Gasteiger partial charge >= 0.3 is 0 Å². The first-order chi connectivity index (χ1) is 4.52. The fourth-order valence-electron chi connectivity index (χ4n) is 0.886. The van der Waals surface area contributed by atoms with E-state index in [2.05, 4.69) is 0 Å². The zero-order valence-corrected chi connectivity index (χ0v) is 6.20. The lowest BCUT2D eigenvalue weighted by Gasteiger charge is -2.27. The molecule has 2 nitrogen and oxygen atoms in total. The number of aliphatic hydroxyl groups is 2. The zero-order valence-electron chi connectivity index (χ0n) is 6.20. The van der Waals surface area contributed by atoms with Crippen LogP contribution in [0, 0.1) is 5.92 Å². The van der Waals surface area contributed by atoms with Crippen LogP contribution in [0.1, 0.15) is 13.8 Å². The van der Waals surface area contributed by atoms with E-state index in [-0.39, 0.29) is 11.7 Å². The van der Waals surface area contributed by atoms with E-state index in [9.17, 15) is 5.11 Å². The topological polar surface area (TPSA) is 40.5 Å². The average molecular weight is 140 g/mol. The van der Waals surface area contributed by atoms with Gasteiger partial charge < -0.3 is 10.2 Å². The normalized spacial score (nSPS) is 39.5. The highest BCUT2D eigenvalue weighted by molar-refractivity contribution is 5.23. The summed E-state index contributed by atoms with van der Waals surface area (Å²) < 4.78 is 0. The third-order valence-corrected chi connectivity index (χ3v) is 1.93. The highest BCUT2D eigenvalue weighted by Gasteiger charge is 2.26. The van der Waals surface area contributed by atoms with E-state index in [1.165, 1.54) is 6.08 Å². The lowest BCUT2D eigenvalue weighted by atomic mass is 9.87. The molecule has 2 unspecified atom stereocenters. The van der Waals surface area contributed by atoms with Gasteiger partial charge in [0.25, 0.3) is 0 Å². The summed E-state index contributed by atoms with van der Waals surface area (Å²) in [6.45, 7) is 3.58. The van der Waals surface area contributed by atoms with Crippen LogP contribution in [0.5, 0.6) is 0 Å². The number of rotatable bonds is 0. The van der Waals surface area contributed by atoms with Crippen LogP contribution in [-0.4, -0.2) is 15.8 Å². The third-order valence-electron chi connectivity index (χ3n) is 1.93. The summed E-state index contributed by atoms with van der Waals surface area (Å²) in [5, 5.41) is 18.5. The van der Waals surface area contributed by atoms with Crippen molar-refractivity contribution in [3.05, 3.63) is 24.0 Å². The molecule has 0 bridgehead atoms. The van der Waals surface area contributed by atoms with E-state index in [4.69, 9.17) is 5.11 Å². The van der Waals surface area contributed by atoms with Crippen LogP contribution in [0.4, 0.5) is 0 Å². The van der Waals surface area contributed by atoms with Crippen LogP contribution in [-0.2, 0) is 0 Å². The summed E-state index contributed by atoms with van der Waals surface area (Å²) in [6, 6.07) is 0. The van der Waals surface area contributed by atoms with Crippen molar-refractivity contribution < 1.29 is 10.2 Å². The summed E-state index contributed by atoms with van der Waals surface area (Å²) in [6.07, 6.45) is 4.76. The largest absolute Gasteiger partial charge is 0.508 e. The first-order valence-corrected chi connectivity index (χ1v) is 3.35. The Kier molecular flexibility index (Phi) is 1.57. The average Bonchev–Trinajstić information content (AvgIpc) is 1.81. The maximum absolute atomic E-state index is 9.52. The van der Waals surface area contributed by atoms with E-state index in [1.807, 2.05) is 6.92 Å². The molecule has 2 N–H and O–H groups in total. The second-order valence-corrected chi connectivity index (χ2v) is 2.94. The van der Waals surface area contributed by atoms with Crippen LogP contribution in [0.15, 0.2) is 24.0 Å². The second kappa shape index (κ2) is 2.13. The first-order valence-electron chi connectivity index (χ1n) is 3.35.